The number of hydrogen-bond donors (Lipinski definition) is 1. The molecular weight excluding hydrogens is 557 g/mol. The molecule has 172 valence electrons. The van der Waals surface area contributed by atoms with Crippen molar-refractivity contribution in [2.45, 2.75) is 12.1 Å². The number of amides is 1. The number of hydrazone groups is 1. The Morgan fingerprint density at radius 1 is 1.03 bits per heavy atom. The number of nitrogens with one attached hydrogen (secondary N) is 1. The molecule has 0 saturated heterocycles. The quantitative estimate of drug-likeness (QED) is 0.153. The molecule has 0 aliphatic rings. The predicted octanol–water partition coefficient (Wildman–Crippen LogP) is 6.64. The second-order valence-corrected chi connectivity index (χ2v) is 9.81. The molecule has 1 N–H and O–H groups in total. The molecule has 1 heterocycles. The van der Waals surface area contributed by atoms with E-state index in [9.17, 15) is 4.79 Å². The van der Waals surface area contributed by atoms with E-state index < -0.39 is 0 Å². The Morgan fingerprint density at radius 2 is 1.76 bits per heavy atom. The van der Waals surface area contributed by atoms with E-state index in [1.54, 1.807) is 25.1 Å². The summed E-state index contributed by atoms with van der Waals surface area (Å²) in [5.74, 6) is 0.538. The molecule has 1 aromatic heterocycles. The Balaban J connectivity index is 1.51. The van der Waals surface area contributed by atoms with Crippen LogP contribution in [-0.2, 0) is 4.79 Å². The summed E-state index contributed by atoms with van der Waals surface area (Å²) in [7, 11) is 0. The summed E-state index contributed by atoms with van der Waals surface area (Å²) in [6, 6.07) is 22.8. The predicted molar refractivity (Wildman–Crippen MR) is 142 cm³/mol. The summed E-state index contributed by atoms with van der Waals surface area (Å²) in [6.07, 6.45) is 0. The first-order valence-corrected chi connectivity index (χ1v) is 12.6. The molecule has 4 rings (SSSR count). The SMILES string of the molecule is C/C(=N\NC(=O)CSc1nnc(-c2ccc(Br)cc2)n1-c1ccccc1)c1ccc(Cl)c(Cl)c1. The molecular formula is C24H18BrCl2N5OS. The lowest BCUT2D eigenvalue weighted by atomic mass is 10.1. The van der Waals surface area contributed by atoms with Crippen LogP contribution in [0.2, 0.25) is 10.0 Å². The van der Waals surface area contributed by atoms with Crippen molar-refractivity contribution < 1.29 is 4.79 Å². The zero-order chi connectivity index (χ0) is 24.1. The largest absolute Gasteiger partial charge is 0.272 e. The number of para-hydroxylation sites is 1. The first kappa shape index (κ1) is 24.5. The summed E-state index contributed by atoms with van der Waals surface area (Å²) in [6.45, 7) is 1.78. The molecule has 1 amide bonds. The van der Waals surface area contributed by atoms with E-state index in [4.69, 9.17) is 23.2 Å². The standard InChI is InChI=1S/C24H18BrCl2N5OS/c1-15(17-9-12-20(26)21(27)13-17)28-29-22(33)14-34-24-31-30-23(16-7-10-18(25)11-8-16)32(24)19-5-3-2-4-6-19/h2-13H,14H2,1H3,(H,29,33)/b28-15+. The number of thioether (sulfide) groups is 1. The third-order valence-electron chi connectivity index (χ3n) is 4.77. The fraction of sp³-hybridized carbons (Fsp3) is 0.0833. The van der Waals surface area contributed by atoms with Crippen molar-refractivity contribution in [3.63, 3.8) is 0 Å². The van der Waals surface area contributed by atoms with Crippen LogP contribution in [0.1, 0.15) is 12.5 Å². The Bertz CT molecular complexity index is 1340. The van der Waals surface area contributed by atoms with Crippen LogP contribution in [0.5, 0.6) is 0 Å². The van der Waals surface area contributed by atoms with Gasteiger partial charge in [-0.15, -0.1) is 10.2 Å². The number of nitrogens with zero attached hydrogens (tertiary/aromatic N) is 4. The summed E-state index contributed by atoms with van der Waals surface area (Å²) in [5.41, 5.74) is 5.78. The topological polar surface area (TPSA) is 72.2 Å². The monoisotopic (exact) mass is 573 g/mol. The van der Waals surface area contributed by atoms with Gasteiger partial charge >= 0.3 is 0 Å². The van der Waals surface area contributed by atoms with Crippen LogP contribution in [0.3, 0.4) is 0 Å². The lowest BCUT2D eigenvalue weighted by molar-refractivity contribution is -0.118. The maximum absolute atomic E-state index is 12.5. The first-order chi connectivity index (χ1) is 16.4. The van der Waals surface area contributed by atoms with Crippen LogP contribution in [-0.4, -0.2) is 32.1 Å². The Morgan fingerprint density at radius 3 is 2.47 bits per heavy atom. The highest BCUT2D eigenvalue weighted by Gasteiger charge is 2.17. The van der Waals surface area contributed by atoms with Gasteiger partial charge < -0.3 is 0 Å². The van der Waals surface area contributed by atoms with Crippen LogP contribution in [0, 0.1) is 0 Å². The maximum Gasteiger partial charge on any atom is 0.250 e. The van der Waals surface area contributed by atoms with Gasteiger partial charge in [0.15, 0.2) is 11.0 Å². The highest BCUT2D eigenvalue weighted by Crippen LogP contribution is 2.28. The lowest BCUT2D eigenvalue weighted by Gasteiger charge is -2.10. The molecule has 0 spiro atoms. The molecule has 0 aliphatic heterocycles. The zero-order valence-corrected chi connectivity index (χ0v) is 21.8. The number of benzene rings is 3. The van der Waals surface area contributed by atoms with Gasteiger partial charge in [0.2, 0.25) is 0 Å². The number of carbonyl (C=O) groups is 1. The maximum atomic E-state index is 12.5. The van der Waals surface area contributed by atoms with Gasteiger partial charge in [-0.1, -0.05) is 87.3 Å². The van der Waals surface area contributed by atoms with Gasteiger partial charge in [0.05, 0.1) is 21.5 Å². The summed E-state index contributed by atoms with van der Waals surface area (Å²) in [5, 5.41) is 14.4. The molecule has 0 fully saturated rings. The van der Waals surface area contributed by atoms with Crippen LogP contribution in [0.15, 0.2) is 87.5 Å². The normalized spacial score (nSPS) is 11.5. The number of halogens is 3. The molecule has 0 unspecified atom stereocenters. The molecule has 34 heavy (non-hydrogen) atoms. The molecule has 3 aromatic carbocycles. The van der Waals surface area contributed by atoms with Crippen LogP contribution >= 0.6 is 50.9 Å². The molecule has 10 heteroatoms. The number of rotatable bonds is 7. The fourth-order valence-corrected chi connectivity index (χ4v) is 4.36. The van der Waals surface area contributed by atoms with Gasteiger partial charge in [0.25, 0.3) is 5.91 Å². The van der Waals surface area contributed by atoms with E-state index in [1.807, 2.05) is 59.2 Å². The van der Waals surface area contributed by atoms with Crippen molar-refractivity contribution >= 4 is 62.5 Å². The minimum Gasteiger partial charge on any atom is -0.272 e. The van der Waals surface area contributed by atoms with Crippen molar-refractivity contribution in [2.75, 3.05) is 5.75 Å². The van der Waals surface area contributed by atoms with Gasteiger partial charge in [-0.2, -0.15) is 5.10 Å². The third kappa shape index (κ3) is 5.88. The van der Waals surface area contributed by atoms with Gasteiger partial charge in [-0.25, -0.2) is 5.43 Å². The molecule has 0 saturated carbocycles. The van der Waals surface area contributed by atoms with Crippen molar-refractivity contribution in [3.8, 4) is 17.1 Å². The van der Waals surface area contributed by atoms with Gasteiger partial charge in [0, 0.05) is 15.7 Å². The number of aromatic nitrogens is 3. The molecule has 0 bridgehead atoms. The second kappa shape index (κ2) is 11.2. The lowest BCUT2D eigenvalue weighted by Crippen LogP contribution is -2.21. The number of carbonyl (C=O) groups excluding carboxylic acids is 1. The average molecular weight is 575 g/mol. The van der Waals surface area contributed by atoms with E-state index in [-0.39, 0.29) is 11.7 Å². The van der Waals surface area contributed by atoms with Crippen molar-refractivity contribution in [1.82, 2.24) is 20.2 Å². The van der Waals surface area contributed by atoms with Crippen LogP contribution < -0.4 is 5.43 Å². The Kier molecular flexibility index (Phi) is 8.05. The molecule has 6 nitrogen and oxygen atoms in total. The van der Waals surface area contributed by atoms with E-state index >= 15 is 0 Å². The first-order valence-electron chi connectivity index (χ1n) is 10.1. The molecule has 0 aliphatic carbocycles. The minimum atomic E-state index is -0.266. The van der Waals surface area contributed by atoms with Crippen LogP contribution in [0.4, 0.5) is 0 Å². The van der Waals surface area contributed by atoms with Crippen molar-refractivity contribution in [3.05, 3.63) is 92.9 Å². The van der Waals surface area contributed by atoms with E-state index in [0.717, 1.165) is 21.3 Å². The van der Waals surface area contributed by atoms with Crippen LogP contribution in [0.25, 0.3) is 17.1 Å². The summed E-state index contributed by atoms with van der Waals surface area (Å²) in [4.78, 5) is 12.5. The Hall–Kier alpha value is -2.65. The second-order valence-electron chi connectivity index (χ2n) is 7.13. The van der Waals surface area contributed by atoms with Crippen molar-refractivity contribution in [2.24, 2.45) is 5.10 Å². The van der Waals surface area contributed by atoms with Gasteiger partial charge in [0.1, 0.15) is 0 Å². The molecule has 4 aromatic rings. The molecule has 0 radical (unpaired) electrons. The van der Waals surface area contributed by atoms with Gasteiger partial charge in [-0.3, -0.25) is 9.36 Å². The zero-order valence-electron chi connectivity index (χ0n) is 17.9. The summed E-state index contributed by atoms with van der Waals surface area (Å²) >= 11 is 16.8. The van der Waals surface area contributed by atoms with Crippen molar-refractivity contribution in [1.29, 1.82) is 0 Å². The fourth-order valence-electron chi connectivity index (χ4n) is 3.05. The Labute approximate surface area is 219 Å². The third-order valence-corrected chi connectivity index (χ3v) is 6.96. The minimum absolute atomic E-state index is 0.115. The van der Waals surface area contributed by atoms with E-state index in [1.165, 1.54) is 11.8 Å². The smallest absolute Gasteiger partial charge is 0.250 e. The highest BCUT2D eigenvalue weighted by molar-refractivity contribution is 9.10. The summed E-state index contributed by atoms with van der Waals surface area (Å²) < 4.78 is 2.91. The molecule has 0 atom stereocenters. The van der Waals surface area contributed by atoms with E-state index in [2.05, 4.69) is 36.7 Å². The average Bonchev–Trinajstić information content (AvgIpc) is 3.28. The highest BCUT2D eigenvalue weighted by atomic mass is 79.9. The number of hydrogen-bond acceptors (Lipinski definition) is 5. The van der Waals surface area contributed by atoms with E-state index in [0.29, 0.717) is 26.7 Å². The van der Waals surface area contributed by atoms with Gasteiger partial charge in [-0.05, 0) is 48.9 Å².